The van der Waals surface area contributed by atoms with Gasteiger partial charge < -0.3 is 10.2 Å². The van der Waals surface area contributed by atoms with Crippen LogP contribution in [0.5, 0.6) is 0 Å². The molecule has 2 aliphatic rings. The van der Waals surface area contributed by atoms with Gasteiger partial charge in [0.1, 0.15) is 22.4 Å². The third kappa shape index (κ3) is 2.51. The van der Waals surface area contributed by atoms with Crippen molar-refractivity contribution in [3.8, 4) is 0 Å². The van der Waals surface area contributed by atoms with E-state index in [1.54, 1.807) is 6.33 Å². The van der Waals surface area contributed by atoms with Crippen molar-refractivity contribution in [1.82, 2.24) is 14.9 Å². The zero-order chi connectivity index (χ0) is 14.1. The van der Waals surface area contributed by atoms with Gasteiger partial charge in [-0.1, -0.05) is 6.42 Å². The van der Waals surface area contributed by atoms with E-state index in [2.05, 4.69) is 47.9 Å². The van der Waals surface area contributed by atoms with Gasteiger partial charge in [0.15, 0.2) is 0 Å². The molecule has 2 fully saturated rings. The fourth-order valence-electron chi connectivity index (χ4n) is 3.38. The van der Waals surface area contributed by atoms with Gasteiger partial charge in [-0.05, 0) is 42.2 Å². The summed E-state index contributed by atoms with van der Waals surface area (Å²) in [6.45, 7) is 5.75. The lowest BCUT2D eigenvalue weighted by Crippen LogP contribution is -2.59. The Hall–Kier alpha value is -0.880. The molecular formula is C14H22BrN5. The van der Waals surface area contributed by atoms with Crippen molar-refractivity contribution in [2.45, 2.75) is 38.3 Å². The summed E-state index contributed by atoms with van der Waals surface area (Å²) in [5.74, 6) is 1.87. The number of rotatable bonds is 2. The molecule has 0 amide bonds. The predicted octanol–water partition coefficient (Wildman–Crippen LogP) is 2.34. The number of aromatic nitrogens is 2. The Morgan fingerprint density at radius 2 is 2.15 bits per heavy atom. The largest absolute Gasteiger partial charge is 0.372 e. The molecule has 2 atom stereocenters. The van der Waals surface area contributed by atoms with Crippen LogP contribution in [0.2, 0.25) is 0 Å². The first-order valence-electron chi connectivity index (χ1n) is 7.39. The van der Waals surface area contributed by atoms with E-state index in [-0.39, 0.29) is 0 Å². The fourth-order valence-corrected chi connectivity index (χ4v) is 4.01. The highest BCUT2D eigenvalue weighted by Gasteiger charge is 2.34. The molecule has 0 bridgehead atoms. The molecule has 2 saturated heterocycles. The van der Waals surface area contributed by atoms with Gasteiger partial charge in [-0.2, -0.15) is 0 Å². The van der Waals surface area contributed by atoms with Crippen LogP contribution in [0.4, 0.5) is 11.6 Å². The number of fused-ring (bicyclic) bond motifs is 1. The molecule has 3 heterocycles. The van der Waals surface area contributed by atoms with Crippen molar-refractivity contribution in [2.24, 2.45) is 0 Å². The van der Waals surface area contributed by atoms with Crippen LogP contribution in [0, 0.1) is 0 Å². The average Bonchev–Trinajstić information content (AvgIpc) is 2.47. The van der Waals surface area contributed by atoms with Crippen LogP contribution in [0.3, 0.4) is 0 Å². The summed E-state index contributed by atoms with van der Waals surface area (Å²) in [5.41, 5.74) is 0. The first-order chi connectivity index (χ1) is 9.70. The smallest absolute Gasteiger partial charge is 0.148 e. The SMILES string of the molecule is CNc1ncnc(N2CC3CCCCN3CC2C)c1Br. The van der Waals surface area contributed by atoms with Crippen LogP contribution in [-0.4, -0.2) is 53.6 Å². The van der Waals surface area contributed by atoms with Crippen LogP contribution in [0.1, 0.15) is 26.2 Å². The summed E-state index contributed by atoms with van der Waals surface area (Å²) < 4.78 is 0.971. The van der Waals surface area contributed by atoms with E-state index in [1.807, 2.05) is 7.05 Å². The second-order valence-electron chi connectivity index (χ2n) is 5.76. The van der Waals surface area contributed by atoms with E-state index < -0.39 is 0 Å². The highest BCUT2D eigenvalue weighted by molar-refractivity contribution is 9.10. The van der Waals surface area contributed by atoms with Crippen molar-refractivity contribution in [3.05, 3.63) is 10.8 Å². The molecular weight excluding hydrogens is 318 g/mol. The lowest BCUT2D eigenvalue weighted by Gasteiger charge is -2.48. The van der Waals surface area contributed by atoms with Gasteiger partial charge in [0, 0.05) is 32.2 Å². The lowest BCUT2D eigenvalue weighted by molar-refractivity contribution is 0.115. The summed E-state index contributed by atoms with van der Waals surface area (Å²) in [5, 5.41) is 3.11. The molecule has 1 aromatic rings. The minimum atomic E-state index is 0.486. The van der Waals surface area contributed by atoms with Gasteiger partial charge in [0.2, 0.25) is 0 Å². The van der Waals surface area contributed by atoms with Crippen molar-refractivity contribution >= 4 is 27.6 Å². The molecule has 0 saturated carbocycles. The summed E-state index contributed by atoms with van der Waals surface area (Å²) in [6, 6.07) is 1.17. The zero-order valence-electron chi connectivity index (χ0n) is 12.1. The van der Waals surface area contributed by atoms with Gasteiger partial charge in [-0.25, -0.2) is 9.97 Å². The van der Waals surface area contributed by atoms with Gasteiger partial charge in [0.25, 0.3) is 0 Å². The minimum Gasteiger partial charge on any atom is -0.372 e. The van der Waals surface area contributed by atoms with Gasteiger partial charge in [-0.15, -0.1) is 0 Å². The highest BCUT2D eigenvalue weighted by atomic mass is 79.9. The van der Waals surface area contributed by atoms with Crippen molar-refractivity contribution in [3.63, 3.8) is 0 Å². The maximum absolute atomic E-state index is 4.51. The molecule has 6 heteroatoms. The van der Waals surface area contributed by atoms with Crippen LogP contribution < -0.4 is 10.2 Å². The molecule has 2 aliphatic heterocycles. The lowest BCUT2D eigenvalue weighted by atomic mass is 9.97. The molecule has 1 aromatic heterocycles. The molecule has 5 nitrogen and oxygen atoms in total. The van der Waals surface area contributed by atoms with E-state index in [9.17, 15) is 0 Å². The Bertz CT molecular complexity index is 481. The minimum absolute atomic E-state index is 0.486. The first-order valence-corrected chi connectivity index (χ1v) is 8.19. The normalized spacial score (nSPS) is 27.2. The van der Waals surface area contributed by atoms with Crippen LogP contribution in [0.15, 0.2) is 10.8 Å². The number of hydrogen-bond acceptors (Lipinski definition) is 5. The van der Waals surface area contributed by atoms with E-state index in [1.165, 1.54) is 25.8 Å². The van der Waals surface area contributed by atoms with Crippen LogP contribution in [-0.2, 0) is 0 Å². The maximum atomic E-state index is 4.51. The summed E-state index contributed by atoms with van der Waals surface area (Å²) >= 11 is 3.65. The van der Waals surface area contributed by atoms with E-state index in [4.69, 9.17) is 0 Å². The number of hydrogen-bond donors (Lipinski definition) is 1. The summed E-state index contributed by atoms with van der Waals surface area (Å²) in [7, 11) is 1.89. The quantitative estimate of drug-likeness (QED) is 0.895. The maximum Gasteiger partial charge on any atom is 0.148 e. The average molecular weight is 340 g/mol. The number of piperazine rings is 1. The molecule has 0 spiro atoms. The molecule has 110 valence electrons. The monoisotopic (exact) mass is 339 g/mol. The van der Waals surface area contributed by atoms with Crippen molar-refractivity contribution in [2.75, 3.05) is 36.9 Å². The number of nitrogens with zero attached hydrogens (tertiary/aromatic N) is 4. The van der Waals surface area contributed by atoms with E-state index >= 15 is 0 Å². The standard InChI is InChI=1S/C14H22BrN5/c1-10-7-19-6-4-3-5-11(19)8-20(10)14-12(15)13(16-2)17-9-18-14/h9-11H,3-8H2,1-2H3,(H,16,17,18). The Morgan fingerprint density at radius 1 is 1.30 bits per heavy atom. The van der Waals surface area contributed by atoms with E-state index in [0.717, 1.165) is 29.2 Å². The first kappa shape index (κ1) is 14.1. The topological polar surface area (TPSA) is 44.3 Å². The summed E-state index contributed by atoms with van der Waals surface area (Å²) in [6.07, 6.45) is 5.66. The Kier molecular flexibility index (Phi) is 4.12. The number of nitrogens with one attached hydrogen (secondary N) is 1. The Morgan fingerprint density at radius 3 is 2.95 bits per heavy atom. The highest BCUT2D eigenvalue weighted by Crippen LogP contribution is 2.33. The van der Waals surface area contributed by atoms with Crippen molar-refractivity contribution in [1.29, 1.82) is 0 Å². The molecule has 20 heavy (non-hydrogen) atoms. The van der Waals surface area contributed by atoms with Gasteiger partial charge in [0.05, 0.1) is 0 Å². The fraction of sp³-hybridized carbons (Fsp3) is 0.714. The molecule has 0 aliphatic carbocycles. The molecule has 3 rings (SSSR count). The second-order valence-corrected chi connectivity index (χ2v) is 6.55. The molecule has 0 radical (unpaired) electrons. The third-order valence-electron chi connectivity index (χ3n) is 4.47. The Labute approximate surface area is 128 Å². The number of halogens is 1. The predicted molar refractivity (Wildman–Crippen MR) is 85.3 cm³/mol. The summed E-state index contributed by atoms with van der Waals surface area (Å²) in [4.78, 5) is 13.8. The third-order valence-corrected chi connectivity index (χ3v) is 5.20. The second kappa shape index (κ2) is 5.85. The Balaban J connectivity index is 1.86. The zero-order valence-corrected chi connectivity index (χ0v) is 13.7. The van der Waals surface area contributed by atoms with E-state index in [0.29, 0.717) is 12.1 Å². The molecule has 2 unspecified atom stereocenters. The van der Waals surface area contributed by atoms with Crippen molar-refractivity contribution < 1.29 is 0 Å². The van der Waals surface area contributed by atoms with Crippen LogP contribution >= 0.6 is 15.9 Å². The van der Waals surface area contributed by atoms with Gasteiger partial charge >= 0.3 is 0 Å². The number of piperidine rings is 1. The molecule has 0 aromatic carbocycles. The van der Waals surface area contributed by atoms with Gasteiger partial charge in [-0.3, -0.25) is 4.90 Å². The molecule has 1 N–H and O–H groups in total. The van der Waals surface area contributed by atoms with Crippen LogP contribution in [0.25, 0.3) is 0 Å². The number of anilines is 2.